The topological polar surface area (TPSA) is 101 Å². The molecule has 0 aromatic heterocycles. The zero-order chi connectivity index (χ0) is 22.6. The molecule has 0 saturated carbocycles. The summed E-state index contributed by atoms with van der Waals surface area (Å²) in [6.07, 6.45) is -0.448. The molecule has 0 unspecified atom stereocenters. The molecule has 0 bridgehead atoms. The first-order valence-electron chi connectivity index (χ1n) is 9.57. The second-order valence-electron chi connectivity index (χ2n) is 6.17. The maximum absolute atomic E-state index is 11.4. The van der Waals surface area contributed by atoms with E-state index in [9.17, 15) is 9.59 Å². The average Bonchev–Trinajstić information content (AvgIpc) is 2.71. The highest BCUT2D eigenvalue weighted by atomic mass is 32.1. The van der Waals surface area contributed by atoms with Crippen LogP contribution in [0, 0.1) is 0 Å². The highest BCUT2D eigenvalue weighted by Gasteiger charge is 2.06. The summed E-state index contributed by atoms with van der Waals surface area (Å²) in [6, 6.07) is 15.4. The number of hydrogen-bond donors (Lipinski definition) is 4. The van der Waals surface area contributed by atoms with Crippen molar-refractivity contribution in [2.24, 2.45) is 0 Å². The number of hydrogen-bond acceptors (Lipinski definition) is 6. The summed E-state index contributed by atoms with van der Waals surface area (Å²) in [7, 11) is 0. The lowest BCUT2D eigenvalue weighted by Gasteiger charge is -2.11. The van der Waals surface area contributed by atoms with Crippen LogP contribution in [0.1, 0.15) is 25.0 Å². The Labute approximate surface area is 191 Å². The minimum absolute atomic E-state index is 0.171. The Morgan fingerprint density at radius 2 is 1.06 bits per heavy atom. The van der Waals surface area contributed by atoms with Gasteiger partial charge in [0.15, 0.2) is 10.2 Å². The lowest BCUT2D eigenvalue weighted by molar-refractivity contribution is 0.157. The number of nitrogens with one attached hydrogen (secondary N) is 4. The summed E-state index contributed by atoms with van der Waals surface area (Å²) in [4.78, 5) is 22.7. The third-order valence-corrected chi connectivity index (χ3v) is 4.22. The predicted octanol–water partition coefficient (Wildman–Crippen LogP) is 4.16. The second kappa shape index (κ2) is 12.5. The SMILES string of the molecule is CCOC(=O)NC(=S)Nc1ccc(Cc2ccc(NC(=S)NC(=O)OCC)cc2)cc1. The van der Waals surface area contributed by atoms with Crippen molar-refractivity contribution in [3.63, 3.8) is 0 Å². The summed E-state index contributed by atoms with van der Waals surface area (Å²) in [5.74, 6) is 0. The van der Waals surface area contributed by atoms with Crippen molar-refractivity contribution in [3.8, 4) is 0 Å². The van der Waals surface area contributed by atoms with Crippen LogP contribution in [0.15, 0.2) is 48.5 Å². The van der Waals surface area contributed by atoms with Crippen molar-refractivity contribution in [2.75, 3.05) is 23.8 Å². The molecule has 0 fully saturated rings. The van der Waals surface area contributed by atoms with Gasteiger partial charge in [0, 0.05) is 11.4 Å². The molecule has 2 rings (SSSR count). The van der Waals surface area contributed by atoms with Crippen LogP contribution in [-0.4, -0.2) is 35.6 Å². The standard InChI is InChI=1S/C21H24N4O4S2/c1-3-28-20(26)24-18(30)22-16-9-5-14(6-10-16)13-15-7-11-17(12-8-15)23-19(31)25-21(27)29-4-2/h5-12H,3-4,13H2,1-2H3,(H2,22,24,26,30)(H2,23,25,27,31). The summed E-state index contributed by atoms with van der Waals surface area (Å²) in [6.45, 7) is 3.99. The first kappa shape index (κ1) is 24.0. The fraction of sp³-hybridized carbons (Fsp3) is 0.238. The molecule has 0 spiro atoms. The highest BCUT2D eigenvalue weighted by molar-refractivity contribution is 7.80. The molecule has 0 radical (unpaired) electrons. The Kier molecular flexibility index (Phi) is 9.66. The van der Waals surface area contributed by atoms with Gasteiger partial charge in [-0.05, 0) is 80.1 Å². The van der Waals surface area contributed by atoms with E-state index in [2.05, 4.69) is 21.3 Å². The van der Waals surface area contributed by atoms with Gasteiger partial charge in [0.05, 0.1) is 13.2 Å². The van der Waals surface area contributed by atoms with Crippen molar-refractivity contribution in [2.45, 2.75) is 20.3 Å². The first-order valence-corrected chi connectivity index (χ1v) is 10.4. The number of alkyl carbamates (subject to hydrolysis) is 2. The van der Waals surface area contributed by atoms with E-state index in [4.69, 9.17) is 33.9 Å². The number of carbonyl (C=O) groups is 2. The van der Waals surface area contributed by atoms with Crippen molar-refractivity contribution < 1.29 is 19.1 Å². The first-order chi connectivity index (χ1) is 14.9. The van der Waals surface area contributed by atoms with Crippen LogP contribution in [0.25, 0.3) is 0 Å². The van der Waals surface area contributed by atoms with Crippen molar-refractivity contribution in [1.29, 1.82) is 0 Å². The smallest absolute Gasteiger partial charge is 0.413 e. The molecular formula is C21H24N4O4S2. The lowest BCUT2D eigenvalue weighted by atomic mass is 10.0. The van der Waals surface area contributed by atoms with Gasteiger partial charge in [0.1, 0.15) is 0 Å². The van der Waals surface area contributed by atoms with E-state index >= 15 is 0 Å². The zero-order valence-corrected chi connectivity index (χ0v) is 18.8. The number of carbonyl (C=O) groups excluding carboxylic acids is 2. The Bertz CT molecular complexity index is 842. The number of thiocarbonyl (C=S) groups is 2. The number of ether oxygens (including phenoxy) is 2. The molecule has 10 heteroatoms. The molecule has 164 valence electrons. The Hall–Kier alpha value is -3.24. The van der Waals surface area contributed by atoms with Crippen molar-refractivity contribution in [1.82, 2.24) is 10.6 Å². The molecule has 2 aromatic carbocycles. The quantitative estimate of drug-likeness (QED) is 0.477. The molecule has 0 aliphatic heterocycles. The third kappa shape index (κ3) is 8.97. The van der Waals surface area contributed by atoms with Gasteiger partial charge < -0.3 is 20.1 Å². The molecule has 31 heavy (non-hydrogen) atoms. The van der Waals surface area contributed by atoms with E-state index in [0.717, 1.165) is 28.9 Å². The number of rotatable bonds is 6. The molecule has 2 aromatic rings. The van der Waals surface area contributed by atoms with Crippen LogP contribution in [0.3, 0.4) is 0 Å². The fourth-order valence-corrected chi connectivity index (χ4v) is 2.89. The molecular weight excluding hydrogens is 436 g/mol. The van der Waals surface area contributed by atoms with Crippen LogP contribution in [0.2, 0.25) is 0 Å². The van der Waals surface area contributed by atoms with E-state index in [0.29, 0.717) is 0 Å². The predicted molar refractivity (Wildman–Crippen MR) is 128 cm³/mol. The highest BCUT2D eigenvalue weighted by Crippen LogP contribution is 2.16. The number of benzene rings is 2. The molecule has 0 aliphatic rings. The molecule has 0 heterocycles. The minimum atomic E-state index is -0.591. The van der Waals surface area contributed by atoms with Gasteiger partial charge >= 0.3 is 12.2 Å². The van der Waals surface area contributed by atoms with Gasteiger partial charge in [-0.25, -0.2) is 9.59 Å². The maximum Gasteiger partial charge on any atom is 0.413 e. The lowest BCUT2D eigenvalue weighted by Crippen LogP contribution is -2.34. The Morgan fingerprint density at radius 1 is 0.710 bits per heavy atom. The van der Waals surface area contributed by atoms with E-state index in [1.165, 1.54) is 0 Å². The van der Waals surface area contributed by atoms with Crippen LogP contribution >= 0.6 is 24.4 Å². The molecule has 0 saturated heterocycles. The summed E-state index contributed by atoms with van der Waals surface area (Å²) in [5, 5.41) is 11.1. The number of anilines is 2. The third-order valence-electron chi connectivity index (χ3n) is 3.81. The molecule has 4 N–H and O–H groups in total. The van der Waals surface area contributed by atoms with Crippen molar-refractivity contribution in [3.05, 3.63) is 59.7 Å². The fourth-order valence-electron chi connectivity index (χ4n) is 2.49. The van der Waals surface area contributed by atoms with E-state index in [1.807, 2.05) is 48.5 Å². The average molecular weight is 461 g/mol. The molecule has 0 atom stereocenters. The largest absolute Gasteiger partial charge is 0.450 e. The van der Waals surface area contributed by atoms with Gasteiger partial charge in [-0.3, -0.25) is 10.6 Å². The second-order valence-corrected chi connectivity index (χ2v) is 6.99. The molecule has 0 aliphatic carbocycles. The van der Waals surface area contributed by atoms with E-state index in [1.54, 1.807) is 13.8 Å². The van der Waals surface area contributed by atoms with Crippen LogP contribution in [0.4, 0.5) is 21.0 Å². The summed E-state index contributed by atoms with van der Waals surface area (Å²) >= 11 is 10.1. The van der Waals surface area contributed by atoms with E-state index < -0.39 is 12.2 Å². The van der Waals surface area contributed by atoms with Crippen molar-refractivity contribution >= 4 is 58.2 Å². The van der Waals surface area contributed by atoms with Gasteiger partial charge in [-0.2, -0.15) is 0 Å². The van der Waals surface area contributed by atoms with Gasteiger partial charge in [-0.1, -0.05) is 24.3 Å². The van der Waals surface area contributed by atoms with Gasteiger partial charge in [-0.15, -0.1) is 0 Å². The number of amides is 2. The van der Waals surface area contributed by atoms with Crippen LogP contribution in [-0.2, 0) is 15.9 Å². The molecule has 2 amide bonds. The van der Waals surface area contributed by atoms with Gasteiger partial charge in [0.2, 0.25) is 0 Å². The Balaban J connectivity index is 1.85. The van der Waals surface area contributed by atoms with Gasteiger partial charge in [0.25, 0.3) is 0 Å². The Morgan fingerprint density at radius 3 is 1.39 bits per heavy atom. The maximum atomic E-state index is 11.4. The van der Waals surface area contributed by atoms with E-state index in [-0.39, 0.29) is 23.4 Å². The summed E-state index contributed by atoms with van der Waals surface area (Å²) in [5.41, 5.74) is 3.73. The molecule has 8 nitrogen and oxygen atoms in total. The monoisotopic (exact) mass is 460 g/mol. The van der Waals surface area contributed by atoms with Crippen LogP contribution in [0.5, 0.6) is 0 Å². The van der Waals surface area contributed by atoms with Crippen LogP contribution < -0.4 is 21.3 Å². The normalized spacial score (nSPS) is 9.87. The summed E-state index contributed by atoms with van der Waals surface area (Å²) < 4.78 is 9.56. The minimum Gasteiger partial charge on any atom is -0.450 e. The zero-order valence-electron chi connectivity index (χ0n) is 17.2.